The van der Waals surface area contributed by atoms with Gasteiger partial charge in [0.05, 0.1) is 6.61 Å². The maximum Gasteiger partial charge on any atom is 0.274 e. The van der Waals surface area contributed by atoms with Gasteiger partial charge in [-0.3, -0.25) is 9.59 Å². The fourth-order valence-corrected chi connectivity index (χ4v) is 4.60. The number of hydrogen-bond acceptors (Lipinski definition) is 5. The van der Waals surface area contributed by atoms with Gasteiger partial charge in [0.1, 0.15) is 16.2 Å². The van der Waals surface area contributed by atoms with Gasteiger partial charge in [-0.2, -0.15) is 0 Å². The molecule has 5 nitrogen and oxygen atoms in total. The molecule has 3 rings (SSSR count). The molecule has 1 heterocycles. The van der Waals surface area contributed by atoms with Gasteiger partial charge in [-0.1, -0.05) is 29.8 Å². The first-order valence-corrected chi connectivity index (χ1v) is 9.76. The van der Waals surface area contributed by atoms with Crippen LogP contribution in [0.5, 0.6) is 0 Å². The second-order valence-corrected chi connectivity index (χ2v) is 7.74. The quantitative estimate of drug-likeness (QED) is 0.770. The molecular formula is C19H21ClN2O3S. The van der Waals surface area contributed by atoms with Crippen LogP contribution in [-0.2, 0) is 21.7 Å². The van der Waals surface area contributed by atoms with Gasteiger partial charge in [-0.25, -0.2) is 4.98 Å². The van der Waals surface area contributed by atoms with Crippen molar-refractivity contribution in [3.63, 3.8) is 0 Å². The van der Waals surface area contributed by atoms with Gasteiger partial charge in [0.2, 0.25) is 0 Å². The lowest BCUT2D eigenvalue weighted by atomic mass is 9.74. The van der Waals surface area contributed by atoms with Gasteiger partial charge >= 0.3 is 0 Å². The topological polar surface area (TPSA) is 59.5 Å². The van der Waals surface area contributed by atoms with Crippen molar-refractivity contribution in [2.75, 3.05) is 14.2 Å². The van der Waals surface area contributed by atoms with Crippen LogP contribution in [0.25, 0.3) is 0 Å². The zero-order valence-corrected chi connectivity index (χ0v) is 16.4. The van der Waals surface area contributed by atoms with E-state index in [2.05, 4.69) is 4.98 Å². The zero-order chi connectivity index (χ0) is 18.7. The van der Waals surface area contributed by atoms with Gasteiger partial charge in [-0.15, -0.1) is 11.3 Å². The molecule has 26 heavy (non-hydrogen) atoms. The van der Waals surface area contributed by atoms with E-state index in [9.17, 15) is 9.59 Å². The van der Waals surface area contributed by atoms with Crippen molar-refractivity contribution in [2.45, 2.75) is 37.8 Å². The monoisotopic (exact) mass is 392 g/mol. The Hall–Kier alpha value is -1.76. The summed E-state index contributed by atoms with van der Waals surface area (Å²) in [5.74, 6) is -0.251. The van der Waals surface area contributed by atoms with E-state index < -0.39 is 5.54 Å². The summed E-state index contributed by atoms with van der Waals surface area (Å²) in [5, 5.41) is 2.94. The van der Waals surface area contributed by atoms with E-state index in [0.29, 0.717) is 35.7 Å². The predicted molar refractivity (Wildman–Crippen MR) is 102 cm³/mol. The molecule has 1 fully saturated rings. The highest BCUT2D eigenvalue weighted by Gasteiger charge is 2.48. The molecule has 1 unspecified atom stereocenters. The molecule has 1 saturated carbocycles. The Kier molecular flexibility index (Phi) is 5.75. The number of hydrogen-bond donors (Lipinski definition) is 0. The number of ketones is 1. The van der Waals surface area contributed by atoms with Crippen LogP contribution in [0.3, 0.4) is 0 Å². The molecule has 0 spiro atoms. The van der Waals surface area contributed by atoms with E-state index in [0.717, 1.165) is 17.8 Å². The van der Waals surface area contributed by atoms with E-state index in [1.165, 1.54) is 16.2 Å². The van der Waals surface area contributed by atoms with E-state index >= 15 is 0 Å². The second-order valence-electron chi connectivity index (χ2n) is 6.39. The number of halogens is 1. The smallest absolute Gasteiger partial charge is 0.274 e. The number of rotatable bonds is 5. The molecule has 1 amide bonds. The van der Waals surface area contributed by atoms with E-state index in [1.807, 2.05) is 18.2 Å². The number of aromatic nitrogens is 1. The van der Waals surface area contributed by atoms with Crippen LogP contribution in [0.1, 0.15) is 46.7 Å². The third kappa shape index (κ3) is 3.29. The van der Waals surface area contributed by atoms with Crippen molar-refractivity contribution in [3.05, 3.63) is 50.9 Å². The number of Topliss-reactive ketones (excluding diaryl/α,β-unsaturated/α-hetero) is 1. The van der Waals surface area contributed by atoms with E-state index in [1.54, 1.807) is 25.6 Å². The molecule has 1 aliphatic carbocycles. The van der Waals surface area contributed by atoms with Crippen molar-refractivity contribution in [3.8, 4) is 0 Å². The first-order valence-electron chi connectivity index (χ1n) is 8.50. The summed E-state index contributed by atoms with van der Waals surface area (Å²) < 4.78 is 5.07. The number of benzene rings is 1. The number of ether oxygens (including phenoxy) is 1. The number of carbonyl (C=O) groups excluding carboxylic acids is 2. The average Bonchev–Trinajstić information content (AvgIpc) is 3.11. The Labute approximate surface area is 161 Å². The van der Waals surface area contributed by atoms with Gasteiger partial charge in [0.15, 0.2) is 5.78 Å². The molecule has 0 saturated heterocycles. The molecule has 2 aromatic rings. The number of nitrogens with zero attached hydrogens (tertiary/aromatic N) is 2. The maximum atomic E-state index is 13.1. The molecule has 1 atom stereocenters. The number of methoxy groups -OCH3 is 1. The molecule has 7 heteroatoms. The van der Waals surface area contributed by atoms with Gasteiger partial charge in [-0.05, 0) is 25.3 Å². The lowest BCUT2D eigenvalue weighted by Gasteiger charge is -2.43. The predicted octanol–water partition coefficient (Wildman–Crippen LogP) is 4.05. The molecule has 138 valence electrons. The minimum absolute atomic E-state index is 0.0278. The third-order valence-electron chi connectivity index (χ3n) is 4.89. The van der Waals surface area contributed by atoms with Crippen LogP contribution in [0, 0.1) is 0 Å². The summed E-state index contributed by atoms with van der Waals surface area (Å²) in [6, 6.07) is 7.28. The van der Waals surface area contributed by atoms with Crippen LogP contribution in [0.2, 0.25) is 5.02 Å². The van der Waals surface area contributed by atoms with Gasteiger partial charge < -0.3 is 9.64 Å². The Balaban J connectivity index is 2.02. The summed E-state index contributed by atoms with van der Waals surface area (Å²) in [7, 11) is 3.26. The Bertz CT molecular complexity index is 823. The van der Waals surface area contributed by atoms with Crippen molar-refractivity contribution < 1.29 is 14.3 Å². The van der Waals surface area contributed by atoms with E-state index in [-0.39, 0.29) is 11.7 Å². The van der Waals surface area contributed by atoms with Crippen molar-refractivity contribution in [1.82, 2.24) is 9.88 Å². The lowest BCUT2D eigenvalue weighted by Crippen LogP contribution is -2.54. The minimum Gasteiger partial charge on any atom is -0.378 e. The molecule has 0 bridgehead atoms. The Morgan fingerprint density at radius 3 is 2.85 bits per heavy atom. The number of carbonyl (C=O) groups is 2. The highest BCUT2D eigenvalue weighted by molar-refractivity contribution is 7.09. The fourth-order valence-electron chi connectivity index (χ4n) is 3.57. The molecule has 1 aromatic carbocycles. The van der Waals surface area contributed by atoms with Crippen molar-refractivity contribution in [1.29, 1.82) is 0 Å². The molecular weight excluding hydrogens is 372 g/mol. The second kappa shape index (κ2) is 7.86. The minimum atomic E-state index is -1.04. The van der Waals surface area contributed by atoms with Gasteiger partial charge in [0.25, 0.3) is 5.91 Å². The Morgan fingerprint density at radius 1 is 1.38 bits per heavy atom. The summed E-state index contributed by atoms with van der Waals surface area (Å²) in [6.07, 6.45) is 2.70. The highest BCUT2D eigenvalue weighted by Crippen LogP contribution is 2.42. The number of likely N-dealkylation sites (N-methyl/N-ethyl adjacent to an activating group) is 1. The first-order chi connectivity index (χ1) is 12.5. The van der Waals surface area contributed by atoms with Gasteiger partial charge in [0, 0.05) is 36.5 Å². The van der Waals surface area contributed by atoms with E-state index in [4.69, 9.17) is 16.3 Å². The average molecular weight is 393 g/mol. The maximum absolute atomic E-state index is 13.1. The van der Waals surface area contributed by atoms with Crippen molar-refractivity contribution in [2.24, 2.45) is 0 Å². The summed E-state index contributed by atoms with van der Waals surface area (Å²) >= 11 is 7.80. The zero-order valence-electron chi connectivity index (χ0n) is 14.8. The molecule has 1 aromatic heterocycles. The standard InChI is InChI=1S/C19H21ClN2O3S/c1-22(18(24)15-12-26-17(21-15)11-25-2)19(10-6-5-9-16(19)23)13-7-3-4-8-14(13)20/h3-4,7-8,12H,5-6,9-11H2,1-2H3. The largest absolute Gasteiger partial charge is 0.378 e. The SMILES string of the molecule is COCc1nc(C(=O)N(C)C2(c3ccccc3Cl)CCCCC2=O)cs1. The van der Waals surface area contributed by atoms with Crippen LogP contribution < -0.4 is 0 Å². The number of amides is 1. The number of thiazole rings is 1. The summed E-state index contributed by atoms with van der Waals surface area (Å²) in [4.78, 5) is 32.1. The summed E-state index contributed by atoms with van der Waals surface area (Å²) in [5.41, 5.74) is -0.0254. The fraction of sp³-hybridized carbons (Fsp3) is 0.421. The first kappa shape index (κ1) is 19.0. The third-order valence-corrected chi connectivity index (χ3v) is 6.04. The molecule has 0 N–H and O–H groups in total. The molecule has 1 aliphatic rings. The lowest BCUT2D eigenvalue weighted by molar-refractivity contribution is -0.132. The summed E-state index contributed by atoms with van der Waals surface area (Å²) in [6.45, 7) is 0.357. The van der Waals surface area contributed by atoms with Crippen LogP contribution in [-0.4, -0.2) is 35.7 Å². The van der Waals surface area contributed by atoms with Crippen LogP contribution in [0.15, 0.2) is 29.6 Å². The van der Waals surface area contributed by atoms with Crippen LogP contribution >= 0.6 is 22.9 Å². The normalized spacial score (nSPS) is 20.2. The Morgan fingerprint density at radius 2 is 2.15 bits per heavy atom. The highest BCUT2D eigenvalue weighted by atomic mass is 35.5. The van der Waals surface area contributed by atoms with Crippen LogP contribution in [0.4, 0.5) is 0 Å². The van der Waals surface area contributed by atoms with Crippen molar-refractivity contribution >= 4 is 34.6 Å². The molecule has 0 radical (unpaired) electrons. The molecule has 0 aliphatic heterocycles.